The molecule has 0 aliphatic rings. The van der Waals surface area contributed by atoms with Gasteiger partial charge >= 0.3 is 6.01 Å². The van der Waals surface area contributed by atoms with Crippen LogP contribution in [0.1, 0.15) is 0 Å². The number of hydrogen-bond donors (Lipinski definition) is 0. The van der Waals surface area contributed by atoms with Gasteiger partial charge in [0.2, 0.25) is 0 Å². The maximum Gasteiger partial charge on any atom is 0.321 e. The van der Waals surface area contributed by atoms with Crippen LogP contribution < -0.4 is 4.74 Å². The Morgan fingerprint density at radius 2 is 1.90 bits per heavy atom. The van der Waals surface area contributed by atoms with Crippen molar-refractivity contribution in [2.24, 2.45) is 0 Å². The van der Waals surface area contributed by atoms with E-state index in [1.54, 1.807) is 0 Å². The van der Waals surface area contributed by atoms with E-state index in [-0.39, 0.29) is 6.01 Å². The fourth-order valence-corrected chi connectivity index (χ4v) is 0.528. The normalized spacial score (nSPS) is 9.90. The van der Waals surface area contributed by atoms with Crippen LogP contribution in [0.4, 0.5) is 0 Å². The van der Waals surface area contributed by atoms with E-state index in [1.165, 1.54) is 12.7 Å². The highest BCUT2D eigenvalue weighted by Crippen LogP contribution is 2.06. The quantitative estimate of drug-likeness (QED) is 0.637. The molecule has 0 amide bonds. The third-order valence-electron chi connectivity index (χ3n) is 0.664. The van der Waals surface area contributed by atoms with E-state index in [9.17, 15) is 0 Å². The molecule has 0 saturated heterocycles. The molecule has 54 valence electrons. The van der Waals surface area contributed by atoms with Crippen LogP contribution in [-0.4, -0.2) is 20.0 Å². The van der Waals surface area contributed by atoms with Gasteiger partial charge in [0.15, 0.2) is 0 Å². The predicted octanol–water partition coefficient (Wildman–Crippen LogP) is 1.01. The highest BCUT2D eigenvalue weighted by atomic mass is 35.5. The van der Waals surface area contributed by atoms with Gasteiger partial charge in [-0.05, 0) is 0 Å². The number of alkyl halides is 2. The fourth-order valence-electron chi connectivity index (χ4n) is 0.369. The molecule has 0 bridgehead atoms. The van der Waals surface area contributed by atoms with Gasteiger partial charge in [0.05, 0.1) is 0 Å². The maximum absolute atomic E-state index is 5.26. The van der Waals surface area contributed by atoms with Crippen LogP contribution in [0.3, 0.4) is 0 Å². The lowest BCUT2D eigenvalue weighted by molar-refractivity contribution is 0.323. The zero-order valence-corrected chi connectivity index (χ0v) is 6.25. The largest absolute Gasteiger partial charge is 0.429 e. The molecule has 0 N–H and O–H groups in total. The van der Waals surface area contributed by atoms with E-state index in [0.29, 0.717) is 0 Å². The molecule has 0 unspecified atom stereocenters. The molecule has 0 atom stereocenters. The number of halogens is 2. The lowest BCUT2D eigenvalue weighted by atomic mass is 11.0. The Morgan fingerprint density at radius 1 is 1.30 bits per heavy atom. The van der Waals surface area contributed by atoms with Gasteiger partial charge in [-0.1, -0.05) is 23.2 Å². The first-order chi connectivity index (χ1) is 4.79. The van der Waals surface area contributed by atoms with Crippen molar-refractivity contribution in [3.05, 3.63) is 12.7 Å². The summed E-state index contributed by atoms with van der Waals surface area (Å²) in [6.07, 6.45) is 2.58. The smallest absolute Gasteiger partial charge is 0.321 e. The summed E-state index contributed by atoms with van der Waals surface area (Å²) in [5, 5.41) is -0.942. The minimum Gasteiger partial charge on any atom is -0.429 e. The number of ether oxygens (including phenoxy) is 1. The third kappa shape index (κ3) is 2.33. The van der Waals surface area contributed by atoms with E-state index >= 15 is 0 Å². The van der Waals surface area contributed by atoms with Crippen LogP contribution in [-0.2, 0) is 0 Å². The van der Waals surface area contributed by atoms with Crippen LogP contribution >= 0.6 is 23.2 Å². The summed E-state index contributed by atoms with van der Waals surface area (Å²) in [7, 11) is 0. The maximum atomic E-state index is 5.26. The molecule has 6 heteroatoms. The zero-order valence-electron chi connectivity index (χ0n) is 4.74. The Bertz CT molecular complexity index is 193. The Morgan fingerprint density at radius 3 is 2.40 bits per heavy atom. The van der Waals surface area contributed by atoms with Crippen LogP contribution in [0.2, 0.25) is 0 Å². The Labute approximate surface area is 67.2 Å². The molecule has 0 spiro atoms. The first-order valence-electron chi connectivity index (χ1n) is 2.36. The molecule has 1 heterocycles. The molecule has 1 aromatic rings. The molecule has 0 radical (unpaired) electrons. The SMILES string of the molecule is ClC(Cl)Oc1ncncn1. The second-order valence-electron chi connectivity index (χ2n) is 1.30. The molecule has 1 rings (SSSR count). The van der Waals surface area contributed by atoms with Crippen LogP contribution in [0, 0.1) is 0 Å². The van der Waals surface area contributed by atoms with Crippen molar-refractivity contribution in [2.45, 2.75) is 5.02 Å². The van der Waals surface area contributed by atoms with Gasteiger partial charge in [-0.2, -0.15) is 9.97 Å². The monoisotopic (exact) mass is 179 g/mol. The summed E-state index contributed by atoms with van der Waals surface area (Å²) in [5.74, 6) is 0. The minimum absolute atomic E-state index is 0.116. The van der Waals surface area contributed by atoms with Gasteiger partial charge in [-0.15, -0.1) is 0 Å². The summed E-state index contributed by atoms with van der Waals surface area (Å²) in [6, 6.07) is 0.116. The molecule has 4 nitrogen and oxygen atoms in total. The highest BCUT2D eigenvalue weighted by molar-refractivity contribution is 6.43. The molecule has 0 saturated carbocycles. The van der Waals surface area contributed by atoms with E-state index in [1.807, 2.05) is 0 Å². The van der Waals surface area contributed by atoms with E-state index in [4.69, 9.17) is 23.2 Å². The van der Waals surface area contributed by atoms with Crippen molar-refractivity contribution in [1.82, 2.24) is 15.0 Å². The van der Waals surface area contributed by atoms with Gasteiger partial charge in [0.1, 0.15) is 12.7 Å². The fraction of sp³-hybridized carbons (Fsp3) is 0.250. The molecule has 0 aliphatic carbocycles. The van der Waals surface area contributed by atoms with Crippen molar-refractivity contribution in [3.8, 4) is 6.01 Å². The zero-order chi connectivity index (χ0) is 7.40. The van der Waals surface area contributed by atoms with Crippen LogP contribution in [0.15, 0.2) is 12.7 Å². The van der Waals surface area contributed by atoms with E-state index < -0.39 is 5.02 Å². The van der Waals surface area contributed by atoms with Gasteiger partial charge < -0.3 is 4.74 Å². The van der Waals surface area contributed by atoms with Crippen LogP contribution in [0.25, 0.3) is 0 Å². The van der Waals surface area contributed by atoms with Gasteiger partial charge in [-0.3, -0.25) is 0 Å². The predicted molar refractivity (Wildman–Crippen MR) is 35.9 cm³/mol. The topological polar surface area (TPSA) is 47.9 Å². The first kappa shape index (κ1) is 7.50. The second kappa shape index (κ2) is 3.53. The summed E-state index contributed by atoms with van der Waals surface area (Å²) in [4.78, 5) is 10.8. The molecule has 10 heavy (non-hydrogen) atoms. The van der Waals surface area contributed by atoms with Gasteiger partial charge in [0, 0.05) is 0 Å². The second-order valence-corrected chi connectivity index (χ2v) is 2.32. The molecule has 0 fully saturated rings. The third-order valence-corrected chi connectivity index (χ3v) is 0.842. The van der Waals surface area contributed by atoms with Gasteiger partial charge in [-0.25, -0.2) is 4.98 Å². The highest BCUT2D eigenvalue weighted by Gasteiger charge is 2.00. The molecular weight excluding hydrogens is 177 g/mol. The molecular formula is C4H3Cl2N3O. The van der Waals surface area contributed by atoms with Crippen molar-refractivity contribution in [2.75, 3.05) is 0 Å². The average molecular weight is 180 g/mol. The number of rotatable bonds is 2. The minimum atomic E-state index is -0.942. The lowest BCUT2D eigenvalue weighted by Gasteiger charge is -2.00. The Balaban J connectivity index is 2.59. The summed E-state index contributed by atoms with van der Waals surface area (Å²) in [5.41, 5.74) is 0. The number of nitrogens with zero attached hydrogens (tertiary/aromatic N) is 3. The van der Waals surface area contributed by atoms with Crippen molar-refractivity contribution in [3.63, 3.8) is 0 Å². The van der Waals surface area contributed by atoms with E-state index in [2.05, 4.69) is 19.7 Å². The molecule has 1 aromatic heterocycles. The standard InChI is InChI=1S/C4H3Cl2N3O/c5-3(6)10-4-8-1-7-2-9-4/h1-3H. The summed E-state index contributed by atoms with van der Waals surface area (Å²) in [6.45, 7) is 0. The van der Waals surface area contributed by atoms with E-state index in [0.717, 1.165) is 0 Å². The van der Waals surface area contributed by atoms with Crippen molar-refractivity contribution >= 4 is 23.2 Å². The molecule has 0 aliphatic heterocycles. The average Bonchev–Trinajstić information content (AvgIpc) is 1.88. The summed E-state index contributed by atoms with van der Waals surface area (Å²) < 4.78 is 4.68. The van der Waals surface area contributed by atoms with Crippen molar-refractivity contribution in [1.29, 1.82) is 0 Å². The molecule has 0 aromatic carbocycles. The Kier molecular flexibility index (Phi) is 2.65. The lowest BCUT2D eigenvalue weighted by Crippen LogP contribution is -2.02. The van der Waals surface area contributed by atoms with Gasteiger partial charge in [0.25, 0.3) is 5.02 Å². The van der Waals surface area contributed by atoms with Crippen molar-refractivity contribution < 1.29 is 4.74 Å². The summed E-state index contributed by atoms with van der Waals surface area (Å²) >= 11 is 10.5. The number of hydrogen-bond acceptors (Lipinski definition) is 4. The Hall–Kier alpha value is -0.610. The van der Waals surface area contributed by atoms with Crippen LogP contribution in [0.5, 0.6) is 6.01 Å². The first-order valence-corrected chi connectivity index (χ1v) is 3.23. The number of aromatic nitrogens is 3.